The number of hydrogen-bond donors (Lipinski definition) is 2. The summed E-state index contributed by atoms with van der Waals surface area (Å²) in [4.78, 5) is 17.0. The van der Waals surface area contributed by atoms with E-state index in [9.17, 15) is 4.79 Å². The standard InChI is InChI=1S/C18H17N5O2S/c1-12-20-16-6-4-3-5-15(16)17(24)23(12)22-18(26)21-19-11-13-7-9-14(25-2)10-8-13/h3-11H,1-2H3,(H2,21,22,26)/b19-11+. The van der Waals surface area contributed by atoms with Crippen LogP contribution < -0.4 is 21.1 Å². The lowest BCUT2D eigenvalue weighted by molar-refractivity contribution is 0.415. The predicted molar refractivity (Wildman–Crippen MR) is 106 cm³/mol. The molecule has 0 atom stereocenters. The molecule has 2 N–H and O–H groups in total. The van der Waals surface area contributed by atoms with E-state index in [1.54, 1.807) is 38.4 Å². The number of hydrazone groups is 1. The van der Waals surface area contributed by atoms with Crippen LogP contribution in [0.2, 0.25) is 0 Å². The third-order valence-electron chi connectivity index (χ3n) is 3.65. The van der Waals surface area contributed by atoms with Crippen molar-refractivity contribution in [3.63, 3.8) is 0 Å². The second-order valence-corrected chi connectivity index (χ2v) is 5.81. The number of rotatable bonds is 4. The zero-order valence-electron chi connectivity index (χ0n) is 14.3. The summed E-state index contributed by atoms with van der Waals surface area (Å²) in [6, 6.07) is 14.5. The van der Waals surface area contributed by atoms with Crippen LogP contribution in [0.1, 0.15) is 11.4 Å². The van der Waals surface area contributed by atoms with Crippen molar-refractivity contribution in [2.45, 2.75) is 6.92 Å². The van der Waals surface area contributed by atoms with Gasteiger partial charge >= 0.3 is 0 Å². The summed E-state index contributed by atoms with van der Waals surface area (Å²) in [7, 11) is 1.61. The lowest BCUT2D eigenvalue weighted by Gasteiger charge is -2.13. The molecule has 0 fully saturated rings. The molecular weight excluding hydrogens is 350 g/mol. The van der Waals surface area contributed by atoms with Crippen LogP contribution in [0.25, 0.3) is 10.9 Å². The third kappa shape index (κ3) is 3.86. The Labute approximate surface area is 155 Å². The third-order valence-corrected chi connectivity index (χ3v) is 3.83. The Kier molecular flexibility index (Phi) is 5.23. The van der Waals surface area contributed by atoms with Crippen molar-refractivity contribution in [1.82, 2.24) is 15.1 Å². The van der Waals surface area contributed by atoms with Gasteiger partial charge in [-0.3, -0.25) is 15.6 Å². The average Bonchev–Trinajstić information content (AvgIpc) is 2.66. The summed E-state index contributed by atoms with van der Waals surface area (Å²) >= 11 is 5.19. The zero-order chi connectivity index (χ0) is 18.5. The topological polar surface area (TPSA) is 80.5 Å². The molecule has 0 aliphatic carbocycles. The molecule has 3 rings (SSSR count). The highest BCUT2D eigenvalue weighted by molar-refractivity contribution is 7.80. The first kappa shape index (κ1) is 17.6. The SMILES string of the molecule is COc1ccc(/C=N/NC(=S)Nn2c(C)nc3ccccc3c2=O)cc1. The largest absolute Gasteiger partial charge is 0.497 e. The van der Waals surface area contributed by atoms with Gasteiger partial charge in [0.25, 0.3) is 5.56 Å². The Hall–Kier alpha value is -3.26. The predicted octanol–water partition coefficient (Wildman–Crippen LogP) is 2.17. The average molecular weight is 367 g/mol. The molecule has 3 aromatic rings. The number of methoxy groups -OCH3 is 1. The van der Waals surface area contributed by atoms with Gasteiger partial charge < -0.3 is 4.74 Å². The first-order valence-electron chi connectivity index (χ1n) is 7.81. The highest BCUT2D eigenvalue weighted by atomic mass is 32.1. The van der Waals surface area contributed by atoms with Gasteiger partial charge in [-0.25, -0.2) is 9.66 Å². The van der Waals surface area contributed by atoms with Crippen molar-refractivity contribution in [1.29, 1.82) is 0 Å². The molecule has 0 radical (unpaired) electrons. The minimum Gasteiger partial charge on any atom is -0.497 e. The lowest BCUT2D eigenvalue weighted by Crippen LogP contribution is -2.39. The number of nitrogens with zero attached hydrogens (tertiary/aromatic N) is 3. The molecule has 0 unspecified atom stereocenters. The Morgan fingerprint density at radius 1 is 1.23 bits per heavy atom. The molecule has 0 saturated carbocycles. The van der Waals surface area contributed by atoms with Crippen molar-refractivity contribution in [3.8, 4) is 5.75 Å². The smallest absolute Gasteiger partial charge is 0.280 e. The monoisotopic (exact) mass is 367 g/mol. The van der Waals surface area contributed by atoms with E-state index in [0.717, 1.165) is 11.3 Å². The van der Waals surface area contributed by atoms with Gasteiger partial charge in [0.2, 0.25) is 5.11 Å². The van der Waals surface area contributed by atoms with Crippen molar-refractivity contribution in [3.05, 3.63) is 70.3 Å². The number of fused-ring (bicyclic) bond motifs is 1. The molecule has 1 heterocycles. The highest BCUT2D eigenvalue weighted by Crippen LogP contribution is 2.09. The maximum absolute atomic E-state index is 12.6. The van der Waals surface area contributed by atoms with Gasteiger partial charge in [0.05, 0.1) is 24.2 Å². The summed E-state index contributed by atoms with van der Waals surface area (Å²) in [5.41, 5.74) is 6.78. The maximum atomic E-state index is 12.6. The van der Waals surface area contributed by atoms with Crippen molar-refractivity contribution in [2.24, 2.45) is 5.10 Å². The minimum absolute atomic E-state index is 0.178. The van der Waals surface area contributed by atoms with E-state index in [-0.39, 0.29) is 10.7 Å². The highest BCUT2D eigenvalue weighted by Gasteiger charge is 2.08. The number of ether oxygens (including phenoxy) is 1. The molecule has 26 heavy (non-hydrogen) atoms. The molecule has 0 amide bonds. The second kappa shape index (κ2) is 7.75. The van der Waals surface area contributed by atoms with Crippen molar-refractivity contribution in [2.75, 3.05) is 12.5 Å². The van der Waals surface area contributed by atoms with Crippen LogP contribution >= 0.6 is 12.2 Å². The van der Waals surface area contributed by atoms with Crippen LogP contribution in [0.3, 0.4) is 0 Å². The number of nitrogens with one attached hydrogen (secondary N) is 2. The van der Waals surface area contributed by atoms with Crippen LogP contribution in [0, 0.1) is 6.92 Å². The van der Waals surface area contributed by atoms with E-state index in [4.69, 9.17) is 17.0 Å². The Bertz CT molecular complexity index is 1030. The molecule has 2 aromatic carbocycles. The van der Waals surface area contributed by atoms with E-state index in [1.807, 2.05) is 30.3 Å². The van der Waals surface area contributed by atoms with E-state index < -0.39 is 0 Å². The first-order chi connectivity index (χ1) is 12.6. The molecule has 7 nitrogen and oxygen atoms in total. The van der Waals surface area contributed by atoms with Crippen molar-refractivity contribution < 1.29 is 4.74 Å². The fourth-order valence-electron chi connectivity index (χ4n) is 2.36. The Balaban J connectivity index is 1.71. The summed E-state index contributed by atoms with van der Waals surface area (Å²) < 4.78 is 6.39. The molecule has 0 bridgehead atoms. The van der Waals surface area contributed by atoms with Crippen molar-refractivity contribution >= 4 is 34.4 Å². The van der Waals surface area contributed by atoms with E-state index >= 15 is 0 Å². The lowest BCUT2D eigenvalue weighted by atomic mass is 10.2. The molecule has 0 saturated heterocycles. The van der Waals surface area contributed by atoms with Crippen LogP contribution in [-0.4, -0.2) is 28.1 Å². The summed E-state index contributed by atoms with van der Waals surface area (Å²) in [5.74, 6) is 1.27. The quantitative estimate of drug-likeness (QED) is 0.418. The number of thiocarbonyl (C=S) groups is 1. The molecular formula is C18H17N5O2S. The van der Waals surface area contributed by atoms with Gasteiger partial charge in [-0.2, -0.15) is 5.10 Å². The first-order valence-corrected chi connectivity index (χ1v) is 8.22. The fraction of sp³-hybridized carbons (Fsp3) is 0.111. The van der Waals surface area contributed by atoms with Gasteiger partial charge in [0.15, 0.2) is 0 Å². The molecule has 8 heteroatoms. The number of benzene rings is 2. The normalized spacial score (nSPS) is 10.8. The van der Waals surface area contributed by atoms with Crippen LogP contribution in [-0.2, 0) is 0 Å². The maximum Gasteiger partial charge on any atom is 0.280 e. The Morgan fingerprint density at radius 2 is 1.96 bits per heavy atom. The molecule has 0 aliphatic rings. The summed E-state index contributed by atoms with van der Waals surface area (Å²) in [6.45, 7) is 1.73. The van der Waals surface area contributed by atoms with Gasteiger partial charge in [0, 0.05) is 0 Å². The number of aryl methyl sites for hydroxylation is 1. The van der Waals surface area contributed by atoms with Crippen LogP contribution in [0.15, 0.2) is 58.4 Å². The van der Waals surface area contributed by atoms with Crippen LogP contribution in [0.5, 0.6) is 5.75 Å². The van der Waals surface area contributed by atoms with Gasteiger partial charge in [-0.05, 0) is 61.1 Å². The van der Waals surface area contributed by atoms with E-state index in [2.05, 4.69) is 20.9 Å². The van der Waals surface area contributed by atoms with Gasteiger partial charge in [-0.15, -0.1) is 0 Å². The molecule has 132 valence electrons. The minimum atomic E-state index is -0.226. The summed E-state index contributed by atoms with van der Waals surface area (Å²) in [6.07, 6.45) is 1.61. The summed E-state index contributed by atoms with van der Waals surface area (Å²) in [5, 5.41) is 4.75. The number of para-hydroxylation sites is 1. The van der Waals surface area contributed by atoms with E-state index in [1.165, 1.54) is 4.68 Å². The Morgan fingerprint density at radius 3 is 2.69 bits per heavy atom. The second-order valence-electron chi connectivity index (χ2n) is 5.40. The zero-order valence-corrected chi connectivity index (χ0v) is 15.1. The fourth-order valence-corrected chi connectivity index (χ4v) is 2.50. The van der Waals surface area contributed by atoms with Gasteiger partial charge in [-0.1, -0.05) is 12.1 Å². The number of hydrogen-bond acceptors (Lipinski definition) is 5. The molecule has 0 aliphatic heterocycles. The number of aromatic nitrogens is 2. The molecule has 1 aromatic heterocycles. The van der Waals surface area contributed by atoms with Crippen LogP contribution in [0.4, 0.5) is 0 Å². The van der Waals surface area contributed by atoms with Gasteiger partial charge in [0.1, 0.15) is 11.6 Å². The van der Waals surface area contributed by atoms with E-state index in [0.29, 0.717) is 16.7 Å². The molecule has 0 spiro atoms.